The van der Waals surface area contributed by atoms with Crippen LogP contribution in [0.2, 0.25) is 0 Å². The summed E-state index contributed by atoms with van der Waals surface area (Å²) in [5, 5.41) is 14.9. The van der Waals surface area contributed by atoms with Gasteiger partial charge in [0.1, 0.15) is 22.3 Å². The molecule has 2 N–H and O–H groups in total. The highest BCUT2D eigenvalue weighted by Gasteiger charge is 2.17. The summed E-state index contributed by atoms with van der Waals surface area (Å²) in [6, 6.07) is 17.3. The third kappa shape index (κ3) is 6.58. The number of benzene rings is 3. The second-order valence-corrected chi connectivity index (χ2v) is 9.76. The largest absolute Gasteiger partial charge is 0.379 e. The fraction of sp³-hybridized carbons (Fsp3) is 0.148. The number of anilines is 2. The molecule has 0 spiro atoms. The Bertz CT molecular complexity index is 1460. The first-order chi connectivity index (χ1) is 17.0. The van der Waals surface area contributed by atoms with Crippen LogP contribution in [0, 0.1) is 32.1 Å². The molecule has 8 nitrogen and oxygen atoms in total. The Morgan fingerprint density at radius 1 is 0.917 bits per heavy atom. The molecule has 0 aliphatic heterocycles. The molecule has 0 bridgehead atoms. The molecule has 0 aliphatic carbocycles. The minimum atomic E-state index is -4.10. The zero-order valence-corrected chi connectivity index (χ0v) is 21.1. The van der Waals surface area contributed by atoms with E-state index < -0.39 is 16.0 Å². The predicted molar refractivity (Wildman–Crippen MR) is 138 cm³/mol. The van der Waals surface area contributed by atoms with Crippen molar-refractivity contribution in [3.63, 3.8) is 0 Å². The molecule has 0 aromatic heterocycles. The van der Waals surface area contributed by atoms with Gasteiger partial charge in [-0.15, -0.1) is 0 Å². The van der Waals surface area contributed by atoms with E-state index in [1.165, 1.54) is 61.5 Å². The lowest BCUT2D eigenvalue weighted by atomic mass is 10.0. The van der Waals surface area contributed by atoms with E-state index in [4.69, 9.17) is 4.18 Å². The molecule has 0 heterocycles. The lowest BCUT2D eigenvalue weighted by Gasteiger charge is -2.12. The minimum absolute atomic E-state index is 0.0620. The van der Waals surface area contributed by atoms with E-state index in [1.807, 2.05) is 39.0 Å². The number of nitrogens with one attached hydrogen (secondary N) is 2. The quantitative estimate of drug-likeness (QED) is 0.269. The van der Waals surface area contributed by atoms with Crippen molar-refractivity contribution in [3.8, 4) is 11.8 Å². The Balaban J connectivity index is 1.73. The zero-order valence-electron chi connectivity index (χ0n) is 20.2. The Kier molecular flexibility index (Phi) is 7.92. The van der Waals surface area contributed by atoms with Crippen molar-refractivity contribution in [1.82, 2.24) is 0 Å². The highest BCUT2D eigenvalue weighted by Crippen LogP contribution is 2.24. The number of hydrogen-bond acceptors (Lipinski definition) is 6. The maximum absolute atomic E-state index is 12.7. The third-order valence-corrected chi connectivity index (χ3v) is 6.40. The second kappa shape index (κ2) is 10.9. The van der Waals surface area contributed by atoms with Gasteiger partial charge in [-0.3, -0.25) is 9.59 Å². The van der Waals surface area contributed by atoms with Crippen molar-refractivity contribution in [1.29, 1.82) is 5.26 Å². The fourth-order valence-corrected chi connectivity index (χ4v) is 4.51. The monoisotopic (exact) mass is 503 g/mol. The standard InChI is InChI=1S/C27H25N3O5S/c1-17-13-18(2)26(19(3)14-17)30-27(32)22(16-28)15-21-5-9-24(10-6-21)35-36(33,34)25-11-7-23(8-12-25)29-20(4)31/h5-15H,1-4H3,(H,29,31)(H,30,32)/b22-15+. The lowest BCUT2D eigenvalue weighted by Crippen LogP contribution is -2.15. The summed E-state index contributed by atoms with van der Waals surface area (Å²) in [5.74, 6) is -0.751. The van der Waals surface area contributed by atoms with Gasteiger partial charge >= 0.3 is 10.1 Å². The van der Waals surface area contributed by atoms with Crippen molar-refractivity contribution in [3.05, 3.63) is 88.5 Å². The molecule has 9 heteroatoms. The molecule has 0 saturated carbocycles. The van der Waals surface area contributed by atoms with Gasteiger partial charge in [-0.1, -0.05) is 29.8 Å². The highest BCUT2D eigenvalue weighted by molar-refractivity contribution is 7.87. The number of nitrogens with zero attached hydrogens (tertiary/aromatic N) is 1. The Morgan fingerprint density at radius 3 is 2.03 bits per heavy atom. The molecule has 0 unspecified atom stereocenters. The summed E-state index contributed by atoms with van der Waals surface area (Å²) in [7, 11) is -4.10. The SMILES string of the molecule is CC(=O)Nc1ccc(S(=O)(=O)Oc2ccc(/C=C(\C#N)C(=O)Nc3c(C)cc(C)cc3C)cc2)cc1. The van der Waals surface area contributed by atoms with Gasteiger partial charge in [-0.25, -0.2) is 0 Å². The number of amides is 2. The number of carbonyl (C=O) groups is 2. The van der Waals surface area contributed by atoms with E-state index in [1.54, 1.807) is 0 Å². The molecule has 0 radical (unpaired) electrons. The van der Waals surface area contributed by atoms with E-state index in [9.17, 15) is 23.3 Å². The Morgan fingerprint density at radius 2 is 1.50 bits per heavy atom. The molecule has 0 fully saturated rings. The van der Waals surface area contributed by atoms with Crippen molar-refractivity contribution in [2.75, 3.05) is 10.6 Å². The average molecular weight is 504 g/mol. The Labute approximate surface area is 210 Å². The Hall–Kier alpha value is -4.42. The van der Waals surface area contributed by atoms with Crippen LogP contribution in [-0.2, 0) is 19.7 Å². The number of aryl methyl sites for hydroxylation is 3. The molecule has 3 aromatic rings. The smallest absolute Gasteiger partial charge is 0.339 e. The first-order valence-corrected chi connectivity index (χ1v) is 12.3. The van der Waals surface area contributed by atoms with Gasteiger partial charge in [0, 0.05) is 18.3 Å². The maximum atomic E-state index is 12.7. The van der Waals surface area contributed by atoms with Crippen molar-refractivity contribution < 1.29 is 22.2 Å². The molecule has 0 saturated heterocycles. The van der Waals surface area contributed by atoms with Crippen LogP contribution in [0.25, 0.3) is 6.08 Å². The molecular formula is C27H25N3O5S. The van der Waals surface area contributed by atoms with Gasteiger partial charge in [0.05, 0.1) is 0 Å². The van der Waals surface area contributed by atoms with Crippen LogP contribution in [0.1, 0.15) is 29.2 Å². The third-order valence-electron chi connectivity index (χ3n) is 5.14. The highest BCUT2D eigenvalue weighted by atomic mass is 32.2. The summed E-state index contributed by atoms with van der Waals surface area (Å²) in [6.45, 7) is 7.09. The van der Waals surface area contributed by atoms with E-state index >= 15 is 0 Å². The van der Waals surface area contributed by atoms with Crippen molar-refractivity contribution in [2.45, 2.75) is 32.6 Å². The summed E-state index contributed by atoms with van der Waals surface area (Å²) in [6.07, 6.45) is 1.41. The van der Waals surface area contributed by atoms with E-state index in [-0.39, 0.29) is 22.1 Å². The van der Waals surface area contributed by atoms with E-state index in [0.29, 0.717) is 16.9 Å². The maximum Gasteiger partial charge on any atom is 0.339 e. The van der Waals surface area contributed by atoms with Crippen LogP contribution >= 0.6 is 0 Å². The first-order valence-electron chi connectivity index (χ1n) is 10.9. The summed E-state index contributed by atoms with van der Waals surface area (Å²) in [4.78, 5) is 23.7. The van der Waals surface area contributed by atoms with Crippen LogP contribution in [0.4, 0.5) is 11.4 Å². The lowest BCUT2D eigenvalue weighted by molar-refractivity contribution is -0.114. The van der Waals surface area contributed by atoms with Gasteiger partial charge in [0.2, 0.25) is 5.91 Å². The van der Waals surface area contributed by atoms with Gasteiger partial charge in [-0.2, -0.15) is 13.7 Å². The summed E-state index contributed by atoms with van der Waals surface area (Å²) in [5.41, 5.74) is 4.40. The molecular weight excluding hydrogens is 478 g/mol. The van der Waals surface area contributed by atoms with Gasteiger partial charge in [-0.05, 0) is 79.9 Å². The normalized spacial score (nSPS) is 11.4. The first kappa shape index (κ1) is 26.2. The molecule has 2 amide bonds. The fourth-order valence-electron chi connectivity index (χ4n) is 3.58. The number of rotatable bonds is 7. The predicted octanol–water partition coefficient (Wildman–Crippen LogP) is 4.88. The van der Waals surface area contributed by atoms with Gasteiger partial charge < -0.3 is 14.8 Å². The molecule has 0 atom stereocenters. The number of carbonyl (C=O) groups excluding carboxylic acids is 2. The van der Waals surface area contributed by atoms with Crippen molar-refractivity contribution in [2.24, 2.45) is 0 Å². The van der Waals surface area contributed by atoms with E-state index in [0.717, 1.165) is 16.7 Å². The van der Waals surface area contributed by atoms with Crippen LogP contribution < -0.4 is 14.8 Å². The zero-order chi connectivity index (χ0) is 26.5. The van der Waals surface area contributed by atoms with Gasteiger partial charge in [0.25, 0.3) is 5.91 Å². The number of nitriles is 1. The average Bonchev–Trinajstić information content (AvgIpc) is 2.80. The summed E-state index contributed by atoms with van der Waals surface area (Å²) < 4.78 is 30.3. The van der Waals surface area contributed by atoms with Gasteiger partial charge in [0.15, 0.2) is 0 Å². The minimum Gasteiger partial charge on any atom is -0.379 e. The molecule has 3 rings (SSSR count). The molecule has 36 heavy (non-hydrogen) atoms. The van der Waals surface area contributed by atoms with Crippen LogP contribution in [-0.4, -0.2) is 20.2 Å². The summed E-state index contributed by atoms with van der Waals surface area (Å²) >= 11 is 0. The topological polar surface area (TPSA) is 125 Å². The van der Waals surface area contributed by atoms with E-state index in [2.05, 4.69) is 10.6 Å². The molecule has 0 aliphatic rings. The number of hydrogen-bond donors (Lipinski definition) is 2. The van der Waals surface area contributed by atoms with Crippen LogP contribution in [0.3, 0.4) is 0 Å². The van der Waals surface area contributed by atoms with Crippen LogP contribution in [0.15, 0.2) is 71.1 Å². The molecule has 3 aromatic carbocycles. The molecule has 184 valence electrons. The van der Waals surface area contributed by atoms with Crippen LogP contribution in [0.5, 0.6) is 5.75 Å². The second-order valence-electron chi connectivity index (χ2n) is 8.21. The van der Waals surface area contributed by atoms with Crippen molar-refractivity contribution >= 4 is 39.4 Å².